The van der Waals surface area contributed by atoms with Crippen molar-refractivity contribution in [1.29, 1.82) is 0 Å². The zero-order chi connectivity index (χ0) is 19.6. The fraction of sp³-hybridized carbons (Fsp3) is 0.238. The van der Waals surface area contributed by atoms with Gasteiger partial charge in [-0.15, -0.1) is 0 Å². The van der Waals surface area contributed by atoms with Gasteiger partial charge in [0.2, 0.25) is 5.89 Å². The van der Waals surface area contributed by atoms with Crippen LogP contribution in [0.4, 0.5) is 10.5 Å². The first-order chi connectivity index (χ1) is 12.8. The second-order valence-electron chi connectivity index (χ2n) is 6.59. The maximum Gasteiger partial charge on any atom is 0.321 e. The summed E-state index contributed by atoms with van der Waals surface area (Å²) in [7, 11) is 1.71. The van der Waals surface area contributed by atoms with Crippen molar-refractivity contribution < 1.29 is 9.21 Å². The van der Waals surface area contributed by atoms with Crippen molar-refractivity contribution in [1.82, 2.24) is 9.88 Å². The standard InChI is InChI=1S/C21H22ClN3O2/c1-13-7-5-6-8-17(13)20-24-19(15(3)27-20)12-25(4)21(26)23-16-10-9-14(2)18(22)11-16/h5-11H,12H2,1-4H3,(H,23,26). The van der Waals surface area contributed by atoms with Gasteiger partial charge in [-0.2, -0.15) is 0 Å². The lowest BCUT2D eigenvalue weighted by molar-refractivity contribution is 0.220. The summed E-state index contributed by atoms with van der Waals surface area (Å²) in [6, 6.07) is 13.1. The summed E-state index contributed by atoms with van der Waals surface area (Å²) in [6.45, 7) is 6.13. The molecular weight excluding hydrogens is 362 g/mol. The molecule has 0 fully saturated rings. The normalized spacial score (nSPS) is 10.7. The molecule has 6 heteroatoms. The van der Waals surface area contributed by atoms with Crippen LogP contribution in [0.1, 0.15) is 22.6 Å². The van der Waals surface area contributed by atoms with Crippen LogP contribution in [0.5, 0.6) is 0 Å². The number of hydrogen-bond donors (Lipinski definition) is 1. The Morgan fingerprint density at radius 1 is 1.15 bits per heavy atom. The van der Waals surface area contributed by atoms with Crippen molar-refractivity contribution in [2.45, 2.75) is 27.3 Å². The van der Waals surface area contributed by atoms with Crippen LogP contribution in [0.15, 0.2) is 46.9 Å². The molecule has 27 heavy (non-hydrogen) atoms. The quantitative estimate of drug-likeness (QED) is 0.639. The highest BCUT2D eigenvalue weighted by atomic mass is 35.5. The number of amides is 2. The zero-order valence-electron chi connectivity index (χ0n) is 15.8. The number of urea groups is 1. The molecule has 3 rings (SSSR count). The van der Waals surface area contributed by atoms with Crippen LogP contribution in [0.3, 0.4) is 0 Å². The Morgan fingerprint density at radius 3 is 2.59 bits per heavy atom. The van der Waals surface area contributed by atoms with E-state index in [2.05, 4.69) is 10.3 Å². The Labute approximate surface area is 164 Å². The monoisotopic (exact) mass is 383 g/mol. The van der Waals surface area contributed by atoms with E-state index in [9.17, 15) is 4.79 Å². The van der Waals surface area contributed by atoms with E-state index in [0.717, 1.165) is 22.4 Å². The highest BCUT2D eigenvalue weighted by molar-refractivity contribution is 6.31. The largest absolute Gasteiger partial charge is 0.441 e. The van der Waals surface area contributed by atoms with Gasteiger partial charge < -0.3 is 14.6 Å². The van der Waals surface area contributed by atoms with Crippen LogP contribution in [0.2, 0.25) is 5.02 Å². The van der Waals surface area contributed by atoms with Crippen LogP contribution in [-0.4, -0.2) is 23.0 Å². The van der Waals surface area contributed by atoms with E-state index in [1.54, 1.807) is 18.0 Å². The van der Waals surface area contributed by atoms with Gasteiger partial charge in [-0.25, -0.2) is 9.78 Å². The van der Waals surface area contributed by atoms with Gasteiger partial charge >= 0.3 is 6.03 Å². The van der Waals surface area contributed by atoms with Crippen LogP contribution < -0.4 is 5.32 Å². The third-order valence-electron chi connectivity index (χ3n) is 4.42. The van der Waals surface area contributed by atoms with Gasteiger partial charge in [0.15, 0.2) is 0 Å². The number of carbonyl (C=O) groups is 1. The summed E-state index contributed by atoms with van der Waals surface area (Å²) in [6.07, 6.45) is 0. The summed E-state index contributed by atoms with van der Waals surface area (Å²) >= 11 is 6.11. The van der Waals surface area contributed by atoms with Gasteiger partial charge in [0.25, 0.3) is 0 Å². The summed E-state index contributed by atoms with van der Waals surface area (Å²) < 4.78 is 5.82. The number of nitrogens with zero attached hydrogens (tertiary/aromatic N) is 2. The minimum absolute atomic E-state index is 0.241. The zero-order valence-corrected chi connectivity index (χ0v) is 16.6. The van der Waals surface area contributed by atoms with Crippen molar-refractivity contribution in [3.8, 4) is 11.5 Å². The number of anilines is 1. The fourth-order valence-corrected chi connectivity index (χ4v) is 2.87. The Hall–Kier alpha value is -2.79. The first kappa shape index (κ1) is 19.0. The van der Waals surface area contributed by atoms with Gasteiger partial charge in [-0.1, -0.05) is 35.9 Å². The van der Waals surface area contributed by atoms with E-state index in [1.807, 2.05) is 57.2 Å². The van der Waals surface area contributed by atoms with Crippen molar-refractivity contribution in [3.63, 3.8) is 0 Å². The maximum absolute atomic E-state index is 12.5. The molecule has 0 atom stereocenters. The average molecular weight is 384 g/mol. The number of aromatic nitrogens is 1. The van der Waals surface area contributed by atoms with Crippen LogP contribution in [-0.2, 0) is 6.54 Å². The molecular formula is C21H22ClN3O2. The Kier molecular flexibility index (Phi) is 5.51. The fourth-order valence-electron chi connectivity index (χ4n) is 2.69. The molecule has 0 unspecified atom stereocenters. The smallest absolute Gasteiger partial charge is 0.321 e. The molecule has 2 amide bonds. The lowest BCUT2D eigenvalue weighted by Crippen LogP contribution is -2.31. The predicted molar refractivity (Wildman–Crippen MR) is 108 cm³/mol. The SMILES string of the molecule is Cc1ccc(NC(=O)N(C)Cc2nc(-c3ccccc3C)oc2C)cc1Cl. The first-order valence-electron chi connectivity index (χ1n) is 8.65. The predicted octanol–water partition coefficient (Wildman–Crippen LogP) is 5.58. The highest BCUT2D eigenvalue weighted by Crippen LogP contribution is 2.25. The second kappa shape index (κ2) is 7.84. The molecule has 0 aliphatic carbocycles. The third kappa shape index (κ3) is 4.31. The number of aryl methyl sites for hydroxylation is 3. The molecule has 0 aliphatic heterocycles. The van der Waals surface area contributed by atoms with Crippen molar-refractivity contribution in [3.05, 3.63) is 70.1 Å². The number of carbonyl (C=O) groups excluding carboxylic acids is 1. The summed E-state index contributed by atoms with van der Waals surface area (Å²) in [4.78, 5) is 18.6. The molecule has 1 aromatic heterocycles. The molecule has 0 bridgehead atoms. The van der Waals surface area contributed by atoms with Crippen molar-refractivity contribution >= 4 is 23.3 Å². The number of hydrogen-bond acceptors (Lipinski definition) is 3. The Bertz CT molecular complexity index is 981. The van der Waals surface area contributed by atoms with Gasteiger partial charge in [-0.05, 0) is 50.1 Å². The summed E-state index contributed by atoms with van der Waals surface area (Å²) in [5, 5.41) is 3.46. The van der Waals surface area contributed by atoms with E-state index in [4.69, 9.17) is 16.0 Å². The molecule has 0 spiro atoms. The second-order valence-corrected chi connectivity index (χ2v) is 6.99. The number of benzene rings is 2. The molecule has 1 N–H and O–H groups in total. The van der Waals surface area contributed by atoms with E-state index >= 15 is 0 Å². The topological polar surface area (TPSA) is 58.4 Å². The molecule has 3 aromatic rings. The highest BCUT2D eigenvalue weighted by Gasteiger charge is 2.17. The van der Waals surface area contributed by atoms with E-state index < -0.39 is 0 Å². The van der Waals surface area contributed by atoms with E-state index in [-0.39, 0.29) is 6.03 Å². The number of nitrogens with one attached hydrogen (secondary N) is 1. The molecule has 5 nitrogen and oxygen atoms in total. The number of halogens is 1. The van der Waals surface area contributed by atoms with Crippen LogP contribution in [0, 0.1) is 20.8 Å². The molecule has 0 saturated carbocycles. The molecule has 0 saturated heterocycles. The molecule has 140 valence electrons. The average Bonchev–Trinajstić information content (AvgIpc) is 2.99. The van der Waals surface area contributed by atoms with Crippen molar-refractivity contribution in [2.75, 3.05) is 12.4 Å². The van der Waals surface area contributed by atoms with Gasteiger partial charge in [0.1, 0.15) is 11.5 Å². The van der Waals surface area contributed by atoms with Crippen LogP contribution in [0.25, 0.3) is 11.5 Å². The first-order valence-corrected chi connectivity index (χ1v) is 9.03. The molecule has 0 radical (unpaired) electrons. The summed E-state index contributed by atoms with van der Waals surface area (Å²) in [5.41, 5.74) is 4.39. The Balaban J connectivity index is 1.72. The van der Waals surface area contributed by atoms with Crippen molar-refractivity contribution in [2.24, 2.45) is 0 Å². The summed E-state index contributed by atoms with van der Waals surface area (Å²) in [5.74, 6) is 1.27. The lowest BCUT2D eigenvalue weighted by Gasteiger charge is -2.17. The minimum atomic E-state index is -0.241. The third-order valence-corrected chi connectivity index (χ3v) is 4.83. The maximum atomic E-state index is 12.5. The van der Waals surface area contributed by atoms with Gasteiger partial charge in [0, 0.05) is 23.3 Å². The van der Waals surface area contributed by atoms with Crippen LogP contribution >= 0.6 is 11.6 Å². The Morgan fingerprint density at radius 2 is 1.89 bits per heavy atom. The number of oxazole rings is 1. The molecule has 0 aliphatic rings. The molecule has 1 heterocycles. The van der Waals surface area contributed by atoms with E-state index in [1.165, 1.54) is 0 Å². The minimum Gasteiger partial charge on any atom is -0.441 e. The van der Waals surface area contributed by atoms with Gasteiger partial charge in [-0.3, -0.25) is 0 Å². The van der Waals surface area contributed by atoms with E-state index in [0.29, 0.717) is 28.9 Å². The lowest BCUT2D eigenvalue weighted by atomic mass is 10.1. The molecule has 2 aromatic carbocycles. The number of rotatable bonds is 4. The van der Waals surface area contributed by atoms with Gasteiger partial charge in [0.05, 0.1) is 6.54 Å².